The molecule has 1 spiro atoms. The molecule has 2 saturated carbocycles. The maximum absolute atomic E-state index is 12.9. The van der Waals surface area contributed by atoms with Gasteiger partial charge in [-0.3, -0.25) is 14.5 Å². The molecule has 3 nitrogen and oxygen atoms in total. The Hall–Kier alpha value is -0.860. The minimum atomic E-state index is -0.379. The molecule has 1 saturated heterocycles. The molecule has 2 aliphatic carbocycles. The van der Waals surface area contributed by atoms with Crippen LogP contribution in [0.1, 0.15) is 60.8 Å². The van der Waals surface area contributed by atoms with Crippen molar-refractivity contribution in [3.05, 3.63) is 0 Å². The molecule has 3 heteroatoms. The largest absolute Gasteiger partial charge is 0.285 e. The van der Waals surface area contributed by atoms with Gasteiger partial charge < -0.3 is 0 Å². The highest BCUT2D eigenvalue weighted by Gasteiger charge is 2.69. The minimum absolute atomic E-state index is 0.0255. The fraction of sp³-hybridized carbons (Fsp3) is 0.895. The predicted octanol–water partition coefficient (Wildman–Crippen LogP) is 3.73. The Morgan fingerprint density at radius 3 is 1.95 bits per heavy atom. The fourth-order valence-electron chi connectivity index (χ4n) is 6.31. The molecule has 5 atom stereocenters. The molecule has 22 heavy (non-hydrogen) atoms. The second kappa shape index (κ2) is 4.36. The van der Waals surface area contributed by atoms with Gasteiger partial charge in [-0.1, -0.05) is 41.5 Å². The van der Waals surface area contributed by atoms with E-state index < -0.39 is 0 Å². The number of imide groups is 1. The average Bonchev–Trinajstić information content (AvgIpc) is 2.95. The zero-order valence-electron chi connectivity index (χ0n) is 15.2. The van der Waals surface area contributed by atoms with E-state index in [-0.39, 0.29) is 28.1 Å². The van der Waals surface area contributed by atoms with E-state index in [2.05, 4.69) is 41.5 Å². The summed E-state index contributed by atoms with van der Waals surface area (Å²) in [7, 11) is 1.67. The molecule has 2 bridgehead atoms. The average molecular weight is 305 g/mol. The van der Waals surface area contributed by atoms with E-state index in [9.17, 15) is 9.59 Å². The number of carbonyl (C=O) groups is 2. The van der Waals surface area contributed by atoms with Gasteiger partial charge in [0.15, 0.2) is 0 Å². The van der Waals surface area contributed by atoms with Gasteiger partial charge in [-0.15, -0.1) is 0 Å². The van der Waals surface area contributed by atoms with Gasteiger partial charge in [0.25, 0.3) is 0 Å². The van der Waals surface area contributed by atoms with Crippen LogP contribution in [-0.4, -0.2) is 23.8 Å². The van der Waals surface area contributed by atoms with Crippen LogP contribution in [0.4, 0.5) is 0 Å². The summed E-state index contributed by atoms with van der Waals surface area (Å²) in [5, 5.41) is 0. The first-order chi connectivity index (χ1) is 9.89. The van der Waals surface area contributed by atoms with Crippen LogP contribution < -0.4 is 0 Å². The van der Waals surface area contributed by atoms with Gasteiger partial charge in [0, 0.05) is 13.5 Å². The lowest BCUT2D eigenvalue weighted by atomic mass is 9.53. The molecular formula is C19H31NO2. The number of carbonyl (C=O) groups excluding carboxylic acids is 2. The Kier molecular flexibility index (Phi) is 3.17. The summed E-state index contributed by atoms with van der Waals surface area (Å²) in [5.74, 6) is 2.27. The Morgan fingerprint density at radius 1 is 1.00 bits per heavy atom. The van der Waals surface area contributed by atoms with Gasteiger partial charge in [0.05, 0.1) is 5.41 Å². The molecule has 5 unspecified atom stereocenters. The van der Waals surface area contributed by atoms with Crippen molar-refractivity contribution in [1.29, 1.82) is 0 Å². The second-order valence-corrected chi connectivity index (χ2v) is 10.2. The normalized spacial score (nSPS) is 42.0. The highest BCUT2D eigenvalue weighted by molar-refractivity contribution is 6.06. The summed E-state index contributed by atoms with van der Waals surface area (Å²) in [6, 6.07) is 0. The zero-order valence-corrected chi connectivity index (χ0v) is 15.2. The highest BCUT2D eigenvalue weighted by atomic mass is 16.2. The van der Waals surface area contributed by atoms with Crippen LogP contribution in [0, 0.1) is 39.9 Å². The van der Waals surface area contributed by atoms with E-state index in [4.69, 9.17) is 0 Å². The maximum Gasteiger partial charge on any atom is 0.235 e. The fourth-order valence-corrected chi connectivity index (χ4v) is 6.31. The van der Waals surface area contributed by atoms with Gasteiger partial charge >= 0.3 is 0 Å². The molecule has 3 rings (SSSR count). The molecule has 0 N–H and O–H groups in total. The molecule has 0 radical (unpaired) electrons. The van der Waals surface area contributed by atoms with Crippen molar-refractivity contribution >= 4 is 11.8 Å². The van der Waals surface area contributed by atoms with E-state index >= 15 is 0 Å². The number of nitrogens with zero attached hydrogens (tertiary/aromatic N) is 1. The van der Waals surface area contributed by atoms with Gasteiger partial charge in [0.1, 0.15) is 0 Å². The molecule has 1 aliphatic heterocycles. The van der Waals surface area contributed by atoms with Gasteiger partial charge in [-0.05, 0) is 47.3 Å². The summed E-state index contributed by atoms with van der Waals surface area (Å²) >= 11 is 0. The third-order valence-electron chi connectivity index (χ3n) is 6.79. The summed E-state index contributed by atoms with van der Waals surface area (Å²) < 4.78 is 0. The van der Waals surface area contributed by atoms with Crippen LogP contribution in [0.5, 0.6) is 0 Å². The first kappa shape index (κ1) is 16.0. The van der Waals surface area contributed by atoms with Crippen molar-refractivity contribution < 1.29 is 9.59 Å². The summed E-state index contributed by atoms with van der Waals surface area (Å²) in [6.45, 7) is 14.0. The first-order valence-corrected chi connectivity index (χ1v) is 8.70. The topological polar surface area (TPSA) is 37.4 Å². The van der Waals surface area contributed by atoms with Crippen molar-refractivity contribution in [2.45, 2.75) is 60.8 Å². The molecule has 1 heterocycles. The molecule has 0 aromatic heterocycles. The van der Waals surface area contributed by atoms with Crippen LogP contribution >= 0.6 is 0 Å². The maximum atomic E-state index is 12.9. The third kappa shape index (κ3) is 1.93. The predicted molar refractivity (Wildman–Crippen MR) is 86.9 cm³/mol. The smallest absolute Gasteiger partial charge is 0.235 e. The standard InChI is InChI=1S/C19H31NO2/c1-17(2,3)14-11-8-12(15(14)18(4,5)6)19(9-11)10-13(21)20(7)16(19)22/h11-12,14-15H,8-10H2,1-7H3. The van der Waals surface area contributed by atoms with Gasteiger partial charge in [-0.2, -0.15) is 0 Å². The SMILES string of the molecule is CN1C(=O)CC2(CC3CC2C(C(C)(C)C)C3C(C)(C)C)C1=O. The Balaban J connectivity index is 2.04. The van der Waals surface area contributed by atoms with Gasteiger partial charge in [-0.25, -0.2) is 0 Å². The molecule has 3 aliphatic rings. The lowest BCUT2D eigenvalue weighted by Gasteiger charge is -2.51. The van der Waals surface area contributed by atoms with Crippen molar-refractivity contribution in [1.82, 2.24) is 4.90 Å². The number of amides is 2. The van der Waals surface area contributed by atoms with E-state index in [1.54, 1.807) is 7.05 Å². The van der Waals surface area contributed by atoms with Crippen molar-refractivity contribution in [3.63, 3.8) is 0 Å². The van der Waals surface area contributed by atoms with E-state index in [1.807, 2.05) is 0 Å². The Bertz CT molecular complexity index is 525. The van der Waals surface area contributed by atoms with Crippen molar-refractivity contribution in [2.24, 2.45) is 39.9 Å². The zero-order chi connectivity index (χ0) is 16.7. The number of fused-ring (bicyclic) bond motifs is 3. The molecule has 0 aromatic carbocycles. The number of rotatable bonds is 0. The third-order valence-corrected chi connectivity index (χ3v) is 6.79. The lowest BCUT2D eigenvalue weighted by Crippen LogP contribution is -2.49. The van der Waals surface area contributed by atoms with Crippen LogP contribution in [0.2, 0.25) is 0 Å². The summed E-state index contributed by atoms with van der Waals surface area (Å²) in [4.78, 5) is 26.4. The van der Waals surface area contributed by atoms with Crippen LogP contribution in [0.15, 0.2) is 0 Å². The lowest BCUT2D eigenvalue weighted by molar-refractivity contribution is -0.144. The quantitative estimate of drug-likeness (QED) is 0.640. The van der Waals surface area contributed by atoms with Crippen LogP contribution in [0.25, 0.3) is 0 Å². The number of likely N-dealkylation sites (tertiary alicyclic amines) is 1. The minimum Gasteiger partial charge on any atom is -0.285 e. The number of hydrogen-bond donors (Lipinski definition) is 0. The van der Waals surface area contributed by atoms with Gasteiger partial charge in [0.2, 0.25) is 11.8 Å². The molecule has 3 fully saturated rings. The highest BCUT2D eigenvalue weighted by Crippen LogP contribution is 2.70. The monoisotopic (exact) mass is 305 g/mol. The molecule has 0 aromatic rings. The summed E-state index contributed by atoms with van der Waals surface area (Å²) in [5.41, 5.74) is 0.0575. The van der Waals surface area contributed by atoms with Crippen molar-refractivity contribution in [2.75, 3.05) is 7.05 Å². The molecular weight excluding hydrogens is 274 g/mol. The first-order valence-electron chi connectivity index (χ1n) is 8.70. The molecule has 124 valence electrons. The van der Waals surface area contributed by atoms with Crippen molar-refractivity contribution in [3.8, 4) is 0 Å². The molecule has 2 amide bonds. The number of hydrogen-bond acceptors (Lipinski definition) is 2. The Labute approximate surface area is 134 Å². The Morgan fingerprint density at radius 2 is 1.55 bits per heavy atom. The van der Waals surface area contributed by atoms with E-state index in [0.29, 0.717) is 30.1 Å². The second-order valence-electron chi connectivity index (χ2n) is 10.2. The van der Waals surface area contributed by atoms with E-state index in [0.717, 1.165) is 12.8 Å². The van der Waals surface area contributed by atoms with E-state index in [1.165, 1.54) is 4.90 Å². The summed E-state index contributed by atoms with van der Waals surface area (Å²) in [6.07, 6.45) is 2.52. The van der Waals surface area contributed by atoms with Crippen LogP contribution in [-0.2, 0) is 9.59 Å². The van der Waals surface area contributed by atoms with Crippen LogP contribution in [0.3, 0.4) is 0 Å².